The number of aromatic amines is 4. The number of hydrogen-bond donors (Lipinski definition) is 4. The number of methoxy groups -OCH3 is 1. The number of esters is 1. The summed E-state index contributed by atoms with van der Waals surface area (Å²) in [6, 6.07) is 25.9. The highest BCUT2D eigenvalue weighted by molar-refractivity contribution is 5.89. The van der Waals surface area contributed by atoms with Crippen molar-refractivity contribution in [2.24, 2.45) is 0 Å². The Kier molecular flexibility index (Phi) is 6.84. The smallest absolute Gasteiger partial charge is 0.337 e. The predicted octanol–water partition coefficient (Wildman–Crippen LogP) is 5.90. The summed E-state index contributed by atoms with van der Waals surface area (Å²) in [5, 5.41) is 11.5. The number of rotatable bonds is 7. The molecule has 3 heterocycles. The molecule has 9 heteroatoms. The molecule has 9 nitrogen and oxygen atoms in total. The molecule has 0 aliphatic rings. The van der Waals surface area contributed by atoms with Crippen LogP contribution < -0.4 is 11.1 Å². The largest absolute Gasteiger partial charge is 0.465 e. The number of furan rings is 1. The van der Waals surface area contributed by atoms with Crippen LogP contribution in [0.5, 0.6) is 0 Å². The van der Waals surface area contributed by atoms with Crippen LogP contribution >= 0.6 is 0 Å². The minimum absolute atomic E-state index is 0.347. The van der Waals surface area contributed by atoms with E-state index in [4.69, 9.17) is 9.15 Å². The first-order chi connectivity index (χ1) is 20.3. The van der Waals surface area contributed by atoms with Crippen LogP contribution in [0.25, 0.3) is 33.8 Å². The van der Waals surface area contributed by atoms with E-state index in [2.05, 4.69) is 20.4 Å². The molecule has 0 bridgehead atoms. The van der Waals surface area contributed by atoms with E-state index in [9.17, 15) is 14.4 Å². The van der Waals surface area contributed by atoms with Crippen LogP contribution in [0.1, 0.15) is 44.3 Å². The molecule has 3 aromatic heterocycles. The Morgan fingerprint density at radius 1 is 0.643 bits per heavy atom. The SMILES string of the molecule is COC(=O)c1ccc(-c2ccc(C(c3c(-c4ccc(C)cc4)[nH][nH]c3=O)c3c(-c4ccc(C)cc4)[nH][nH]c3=O)o2)cc1. The Morgan fingerprint density at radius 3 is 1.60 bits per heavy atom. The van der Waals surface area contributed by atoms with Gasteiger partial charge in [0, 0.05) is 5.56 Å². The molecule has 42 heavy (non-hydrogen) atoms. The normalized spacial score (nSPS) is 11.2. The van der Waals surface area contributed by atoms with Gasteiger partial charge in [-0.15, -0.1) is 0 Å². The Balaban J connectivity index is 1.54. The molecular weight excluding hydrogens is 532 g/mol. The summed E-state index contributed by atoms with van der Waals surface area (Å²) in [4.78, 5) is 38.9. The predicted molar refractivity (Wildman–Crippen MR) is 160 cm³/mol. The van der Waals surface area contributed by atoms with Crippen molar-refractivity contribution in [3.8, 4) is 33.8 Å². The number of benzene rings is 3. The van der Waals surface area contributed by atoms with Crippen LogP contribution in [0, 0.1) is 13.8 Å². The second-order valence-electron chi connectivity index (χ2n) is 10.2. The summed E-state index contributed by atoms with van der Waals surface area (Å²) in [5.74, 6) is -0.392. The highest BCUT2D eigenvalue weighted by Crippen LogP contribution is 2.39. The van der Waals surface area contributed by atoms with Gasteiger partial charge in [0.15, 0.2) is 0 Å². The maximum atomic E-state index is 13.5. The van der Waals surface area contributed by atoms with Gasteiger partial charge in [0.2, 0.25) is 0 Å². The molecule has 0 saturated heterocycles. The van der Waals surface area contributed by atoms with Crippen molar-refractivity contribution < 1.29 is 13.9 Å². The molecule has 0 radical (unpaired) electrons. The van der Waals surface area contributed by atoms with E-state index < -0.39 is 11.9 Å². The molecule has 0 amide bonds. The fraction of sp³-hybridized carbons (Fsp3) is 0.121. The fourth-order valence-corrected chi connectivity index (χ4v) is 5.16. The second kappa shape index (κ2) is 10.8. The Hall–Kier alpha value is -5.57. The van der Waals surface area contributed by atoms with E-state index in [0.29, 0.717) is 39.6 Å². The average Bonchev–Trinajstić information content (AvgIpc) is 3.74. The van der Waals surface area contributed by atoms with Crippen molar-refractivity contribution in [2.75, 3.05) is 7.11 Å². The molecule has 0 unspecified atom stereocenters. The standard InChI is InChI=1S/C33H28N4O5/c1-18-4-8-21(9-5-18)29-27(31(38)36-34-29)26(28-30(35-37-32(28)39)22-10-6-19(2)7-11-22)25-17-16-24(42-25)20-12-14-23(15-13-20)33(40)41-3/h4-17,26H,1-3H3,(H2,34,36,38)(H2,35,37,39). The van der Waals surface area contributed by atoms with Crippen molar-refractivity contribution in [2.45, 2.75) is 19.8 Å². The van der Waals surface area contributed by atoms with E-state index in [-0.39, 0.29) is 11.1 Å². The molecule has 210 valence electrons. The molecule has 0 atom stereocenters. The van der Waals surface area contributed by atoms with Crippen LogP contribution in [0.4, 0.5) is 0 Å². The minimum Gasteiger partial charge on any atom is -0.465 e. The lowest BCUT2D eigenvalue weighted by Gasteiger charge is -2.15. The number of aryl methyl sites for hydroxylation is 2. The Morgan fingerprint density at radius 2 is 1.12 bits per heavy atom. The Labute approximate surface area is 240 Å². The van der Waals surface area contributed by atoms with Crippen LogP contribution in [0.15, 0.2) is 98.9 Å². The van der Waals surface area contributed by atoms with Gasteiger partial charge >= 0.3 is 5.97 Å². The van der Waals surface area contributed by atoms with Gasteiger partial charge in [-0.3, -0.25) is 30.0 Å². The maximum absolute atomic E-state index is 13.5. The number of carbonyl (C=O) groups is 1. The van der Waals surface area contributed by atoms with Crippen molar-refractivity contribution in [3.63, 3.8) is 0 Å². The number of ether oxygens (including phenoxy) is 1. The zero-order chi connectivity index (χ0) is 29.4. The number of nitrogens with one attached hydrogen (secondary N) is 4. The van der Waals surface area contributed by atoms with E-state index >= 15 is 0 Å². The number of aromatic nitrogens is 4. The summed E-state index contributed by atoms with van der Waals surface area (Å²) in [6.45, 7) is 3.98. The Bertz CT molecular complexity index is 1890. The first kappa shape index (κ1) is 26.6. The summed E-state index contributed by atoms with van der Waals surface area (Å²) < 4.78 is 11.2. The van der Waals surface area contributed by atoms with Gasteiger partial charge in [0.25, 0.3) is 11.1 Å². The third-order valence-corrected chi connectivity index (χ3v) is 7.39. The zero-order valence-electron chi connectivity index (χ0n) is 23.2. The van der Waals surface area contributed by atoms with Crippen molar-refractivity contribution in [1.29, 1.82) is 0 Å². The maximum Gasteiger partial charge on any atom is 0.337 e. The van der Waals surface area contributed by atoms with Crippen molar-refractivity contribution in [3.05, 3.63) is 139 Å². The lowest BCUT2D eigenvalue weighted by Crippen LogP contribution is -2.19. The fourth-order valence-electron chi connectivity index (χ4n) is 5.16. The molecule has 0 fully saturated rings. The molecule has 3 aromatic carbocycles. The zero-order valence-corrected chi connectivity index (χ0v) is 23.2. The van der Waals surface area contributed by atoms with Crippen LogP contribution in [-0.2, 0) is 4.74 Å². The topological polar surface area (TPSA) is 137 Å². The highest BCUT2D eigenvalue weighted by Gasteiger charge is 2.33. The van der Waals surface area contributed by atoms with Crippen LogP contribution in [0.2, 0.25) is 0 Å². The lowest BCUT2D eigenvalue weighted by atomic mass is 9.86. The number of H-pyrrole nitrogens is 4. The second-order valence-corrected chi connectivity index (χ2v) is 10.2. The van der Waals surface area contributed by atoms with Crippen LogP contribution in [0.3, 0.4) is 0 Å². The molecular formula is C33H28N4O5. The molecule has 6 aromatic rings. The number of hydrogen-bond acceptors (Lipinski definition) is 5. The first-order valence-electron chi connectivity index (χ1n) is 13.4. The van der Waals surface area contributed by atoms with Crippen LogP contribution in [-0.4, -0.2) is 33.5 Å². The van der Waals surface area contributed by atoms with Gasteiger partial charge < -0.3 is 9.15 Å². The highest BCUT2D eigenvalue weighted by atomic mass is 16.5. The van der Waals surface area contributed by atoms with E-state index in [1.165, 1.54) is 7.11 Å². The van der Waals surface area contributed by atoms with Gasteiger partial charge in [-0.05, 0) is 49.2 Å². The minimum atomic E-state index is -0.870. The molecule has 0 aliphatic heterocycles. The molecule has 0 aliphatic carbocycles. The monoisotopic (exact) mass is 560 g/mol. The molecule has 6 rings (SSSR count). The summed E-state index contributed by atoms with van der Waals surface area (Å²) in [6.07, 6.45) is 0. The lowest BCUT2D eigenvalue weighted by molar-refractivity contribution is 0.0600. The quantitative estimate of drug-likeness (QED) is 0.180. The van der Waals surface area contributed by atoms with Gasteiger partial charge in [0.1, 0.15) is 11.5 Å². The van der Waals surface area contributed by atoms with Gasteiger partial charge in [0.05, 0.1) is 41.1 Å². The van der Waals surface area contributed by atoms with Gasteiger partial charge in [-0.25, -0.2) is 4.79 Å². The van der Waals surface area contributed by atoms with E-state index in [1.807, 2.05) is 62.4 Å². The van der Waals surface area contributed by atoms with Gasteiger partial charge in [-0.1, -0.05) is 71.8 Å². The van der Waals surface area contributed by atoms with Crippen molar-refractivity contribution in [1.82, 2.24) is 20.4 Å². The third kappa shape index (κ3) is 4.81. The van der Waals surface area contributed by atoms with Gasteiger partial charge in [-0.2, -0.15) is 0 Å². The summed E-state index contributed by atoms with van der Waals surface area (Å²) >= 11 is 0. The van der Waals surface area contributed by atoms with Crippen molar-refractivity contribution >= 4 is 5.97 Å². The van der Waals surface area contributed by atoms with E-state index in [1.54, 1.807) is 36.4 Å². The first-order valence-corrected chi connectivity index (χ1v) is 13.4. The van der Waals surface area contributed by atoms with E-state index in [0.717, 1.165) is 27.8 Å². The molecule has 0 spiro atoms. The molecule has 0 saturated carbocycles. The number of carbonyl (C=O) groups excluding carboxylic acids is 1. The summed E-state index contributed by atoms with van der Waals surface area (Å²) in [7, 11) is 1.33. The summed E-state index contributed by atoms with van der Waals surface area (Å²) in [5.41, 5.74) is 5.92. The average molecular weight is 561 g/mol. The third-order valence-electron chi connectivity index (χ3n) is 7.39. The molecule has 4 N–H and O–H groups in total.